The van der Waals surface area contributed by atoms with E-state index < -0.39 is 23.1 Å². The van der Waals surface area contributed by atoms with E-state index in [1.165, 1.54) is 17.7 Å². The second-order valence-corrected chi connectivity index (χ2v) is 10.9. The van der Waals surface area contributed by atoms with E-state index >= 15 is 0 Å². The van der Waals surface area contributed by atoms with Crippen molar-refractivity contribution in [1.82, 2.24) is 4.90 Å². The molecule has 3 unspecified atom stereocenters. The Balaban J connectivity index is 1.66. The molecule has 1 saturated heterocycles. The van der Waals surface area contributed by atoms with E-state index in [9.17, 15) is 19.5 Å². The van der Waals surface area contributed by atoms with Crippen molar-refractivity contribution in [1.29, 1.82) is 0 Å². The lowest BCUT2D eigenvalue weighted by molar-refractivity contribution is -0.146. The summed E-state index contributed by atoms with van der Waals surface area (Å²) in [6.45, 7) is 7.71. The van der Waals surface area contributed by atoms with Crippen LogP contribution < -0.4 is 0 Å². The minimum atomic E-state index is -1.54. The molecule has 2 saturated carbocycles. The van der Waals surface area contributed by atoms with E-state index in [4.69, 9.17) is 4.74 Å². The maximum atomic E-state index is 13.5. The van der Waals surface area contributed by atoms with Gasteiger partial charge in [0.05, 0.1) is 6.61 Å². The van der Waals surface area contributed by atoms with Crippen LogP contribution in [-0.4, -0.2) is 45.9 Å². The summed E-state index contributed by atoms with van der Waals surface area (Å²) < 4.78 is 5.91. The summed E-state index contributed by atoms with van der Waals surface area (Å²) in [6, 6.07) is 0. The van der Waals surface area contributed by atoms with Crippen molar-refractivity contribution in [2.45, 2.75) is 90.8 Å². The number of Topliss-reactive ketones (excluding diaryl/α,β-unsaturated/α-hetero) is 2. The number of aliphatic hydroxyl groups excluding tert-OH is 1. The van der Waals surface area contributed by atoms with Crippen molar-refractivity contribution in [3.8, 4) is 0 Å². The molecule has 6 nitrogen and oxygen atoms in total. The van der Waals surface area contributed by atoms with Crippen LogP contribution in [-0.2, 0) is 19.1 Å². The van der Waals surface area contributed by atoms with E-state index in [-0.39, 0.29) is 35.9 Å². The van der Waals surface area contributed by atoms with E-state index in [1.807, 2.05) is 27.7 Å². The fraction of sp³-hybridized carbons (Fsp3) is 0.792. The first-order valence-corrected chi connectivity index (χ1v) is 11.6. The normalized spacial score (nSPS) is 35.5. The number of fused-ring (bicyclic) bond motifs is 3. The Bertz CT molecular complexity index is 794. The highest BCUT2D eigenvalue weighted by Crippen LogP contribution is 2.51. The van der Waals surface area contributed by atoms with Crippen LogP contribution in [0.3, 0.4) is 0 Å². The number of nitrogens with zero attached hydrogens (tertiary/aromatic N) is 1. The van der Waals surface area contributed by atoms with Crippen LogP contribution in [0.5, 0.6) is 0 Å². The third-order valence-electron chi connectivity index (χ3n) is 7.73. The molecule has 166 valence electrons. The molecule has 3 fully saturated rings. The van der Waals surface area contributed by atoms with E-state index in [1.54, 1.807) is 0 Å². The molecule has 30 heavy (non-hydrogen) atoms. The highest BCUT2D eigenvalue weighted by Gasteiger charge is 2.65. The zero-order chi connectivity index (χ0) is 21.8. The van der Waals surface area contributed by atoms with Gasteiger partial charge in [0.1, 0.15) is 17.6 Å². The summed E-state index contributed by atoms with van der Waals surface area (Å²) in [7, 11) is 0. The van der Waals surface area contributed by atoms with Crippen molar-refractivity contribution in [2.24, 2.45) is 23.2 Å². The fourth-order valence-corrected chi connectivity index (χ4v) is 6.18. The second-order valence-electron chi connectivity index (χ2n) is 10.9. The molecule has 6 heteroatoms. The van der Waals surface area contributed by atoms with Crippen LogP contribution in [0.2, 0.25) is 0 Å². The zero-order valence-corrected chi connectivity index (χ0v) is 18.7. The molecule has 1 amide bonds. The number of rotatable bonds is 7. The van der Waals surface area contributed by atoms with Crippen LogP contribution >= 0.6 is 0 Å². The molecule has 2 bridgehead atoms. The number of amides is 1. The fourth-order valence-electron chi connectivity index (χ4n) is 6.18. The molecule has 0 aromatic rings. The quantitative estimate of drug-likeness (QED) is 0.635. The van der Waals surface area contributed by atoms with Gasteiger partial charge in [-0.2, -0.15) is 0 Å². The molecule has 2 aliphatic carbocycles. The van der Waals surface area contributed by atoms with E-state index in [0.717, 1.165) is 19.3 Å². The molecular formula is C24H35NO5. The van der Waals surface area contributed by atoms with Gasteiger partial charge >= 0.3 is 0 Å². The Labute approximate surface area is 179 Å². The average Bonchev–Trinajstić information content (AvgIpc) is 3.41. The van der Waals surface area contributed by atoms with Gasteiger partial charge in [-0.15, -0.1) is 0 Å². The van der Waals surface area contributed by atoms with Crippen LogP contribution in [0.1, 0.15) is 79.1 Å². The Morgan fingerprint density at radius 2 is 1.97 bits per heavy atom. The lowest BCUT2D eigenvalue weighted by atomic mass is 9.83. The predicted molar refractivity (Wildman–Crippen MR) is 112 cm³/mol. The minimum Gasteiger partial charge on any atom is -0.508 e. The third kappa shape index (κ3) is 3.14. The highest BCUT2D eigenvalue weighted by atomic mass is 16.5. The number of carbonyl (C=O) groups is 3. The van der Waals surface area contributed by atoms with Crippen LogP contribution in [0.25, 0.3) is 0 Å². The lowest BCUT2D eigenvalue weighted by Crippen LogP contribution is -2.56. The smallest absolute Gasteiger partial charge is 0.264 e. The summed E-state index contributed by atoms with van der Waals surface area (Å²) >= 11 is 0. The monoisotopic (exact) mass is 417 g/mol. The first kappa shape index (κ1) is 21.5. The van der Waals surface area contributed by atoms with Gasteiger partial charge in [-0.25, -0.2) is 0 Å². The Morgan fingerprint density at radius 1 is 1.23 bits per heavy atom. The molecule has 2 heterocycles. The standard InChI is InChI=1S/C24H35NO5/c1-5-6-7-18(27)24-13-30-22(23(2,3)4)25(24)21(29)19(20(24)28)17(26)12-16-11-14-8-9-15(16)10-14/h14-16,22,28H,5-13H2,1-4H3/t14?,15?,16?,22-,24+/m1/s1. The SMILES string of the molecule is CCCCC(=O)[C@]12CO[C@H](C(C)(C)C)N1C(=O)C(C(=O)CC1CC3CCC1C3)=C2O. The van der Waals surface area contributed by atoms with Crippen molar-refractivity contribution in [3.63, 3.8) is 0 Å². The van der Waals surface area contributed by atoms with Crippen molar-refractivity contribution in [3.05, 3.63) is 11.3 Å². The molecule has 1 N–H and O–H groups in total. The Hall–Kier alpha value is -1.69. The van der Waals surface area contributed by atoms with Gasteiger partial charge < -0.3 is 9.84 Å². The van der Waals surface area contributed by atoms with Gasteiger partial charge in [0.25, 0.3) is 5.91 Å². The molecule has 0 aromatic heterocycles. The molecule has 0 spiro atoms. The second kappa shape index (κ2) is 7.47. The number of ketones is 2. The van der Waals surface area contributed by atoms with E-state index in [0.29, 0.717) is 30.6 Å². The van der Waals surface area contributed by atoms with Gasteiger partial charge in [0.15, 0.2) is 17.1 Å². The number of ether oxygens (including phenoxy) is 1. The lowest BCUT2D eigenvalue weighted by Gasteiger charge is -2.37. The van der Waals surface area contributed by atoms with E-state index in [2.05, 4.69) is 0 Å². The van der Waals surface area contributed by atoms with Crippen molar-refractivity contribution < 1.29 is 24.2 Å². The van der Waals surface area contributed by atoms with Crippen LogP contribution in [0.15, 0.2) is 11.3 Å². The molecule has 0 aromatic carbocycles. The van der Waals surface area contributed by atoms with Gasteiger partial charge in [0.2, 0.25) is 0 Å². The summed E-state index contributed by atoms with van der Waals surface area (Å²) in [5.41, 5.74) is -2.16. The van der Waals surface area contributed by atoms with Gasteiger partial charge in [0, 0.05) is 18.3 Å². The first-order chi connectivity index (χ1) is 14.1. The molecule has 0 radical (unpaired) electrons. The summed E-state index contributed by atoms with van der Waals surface area (Å²) in [6.07, 6.45) is 6.01. The molecule has 4 aliphatic rings. The molecular weight excluding hydrogens is 382 g/mol. The maximum Gasteiger partial charge on any atom is 0.264 e. The topological polar surface area (TPSA) is 83.9 Å². The molecule has 4 rings (SSSR count). The van der Waals surface area contributed by atoms with Crippen molar-refractivity contribution >= 4 is 17.5 Å². The number of carbonyl (C=O) groups excluding carboxylic acids is 3. The van der Waals surface area contributed by atoms with Gasteiger partial charge in [-0.05, 0) is 43.4 Å². The average molecular weight is 418 g/mol. The maximum absolute atomic E-state index is 13.5. The molecule has 5 atom stereocenters. The highest BCUT2D eigenvalue weighted by molar-refractivity contribution is 6.24. The van der Waals surface area contributed by atoms with Gasteiger partial charge in [-0.1, -0.05) is 40.5 Å². The van der Waals surface area contributed by atoms with Gasteiger partial charge in [-0.3, -0.25) is 19.3 Å². The molecule has 2 aliphatic heterocycles. The number of aliphatic hydroxyl groups is 1. The van der Waals surface area contributed by atoms with Crippen molar-refractivity contribution in [2.75, 3.05) is 6.61 Å². The predicted octanol–water partition coefficient (Wildman–Crippen LogP) is 3.94. The van der Waals surface area contributed by atoms with Crippen LogP contribution in [0.4, 0.5) is 0 Å². The first-order valence-electron chi connectivity index (χ1n) is 11.6. The number of hydrogen-bond donors (Lipinski definition) is 1. The number of hydrogen-bond acceptors (Lipinski definition) is 5. The summed E-state index contributed by atoms with van der Waals surface area (Å²) in [4.78, 5) is 41.4. The van der Waals surface area contributed by atoms with Crippen LogP contribution in [0, 0.1) is 23.2 Å². The largest absolute Gasteiger partial charge is 0.508 e. The number of unbranched alkanes of at least 4 members (excludes halogenated alkanes) is 1. The zero-order valence-electron chi connectivity index (χ0n) is 18.7. The summed E-state index contributed by atoms with van der Waals surface area (Å²) in [5.74, 6) is 0.115. The Morgan fingerprint density at radius 3 is 2.53 bits per heavy atom. The summed E-state index contributed by atoms with van der Waals surface area (Å²) in [5, 5.41) is 11.2. The third-order valence-corrected chi connectivity index (χ3v) is 7.73. The Kier molecular flexibility index (Phi) is 5.36. The minimum absolute atomic E-state index is 0.0834.